The first-order valence-corrected chi connectivity index (χ1v) is 14.8. The Labute approximate surface area is 231 Å². The normalized spacial score (nSPS) is 12.3. The largest absolute Gasteiger partial charge is 0.354 e. The van der Waals surface area contributed by atoms with Crippen molar-refractivity contribution in [3.8, 4) is 0 Å². The third-order valence-corrected chi connectivity index (χ3v) is 7.82. The first-order valence-electron chi connectivity index (χ1n) is 11.1. The Morgan fingerprint density at radius 2 is 1.63 bits per heavy atom. The van der Waals surface area contributed by atoms with Gasteiger partial charge in [-0.15, -0.1) is 0 Å². The van der Waals surface area contributed by atoms with Crippen molar-refractivity contribution in [3.63, 3.8) is 0 Å². The van der Waals surface area contributed by atoms with E-state index >= 15 is 0 Å². The molecular formula is C24H30Cl2IN3O4S. The lowest BCUT2D eigenvalue weighted by atomic mass is 10.1. The molecule has 0 aromatic heterocycles. The quantitative estimate of drug-likeness (QED) is 0.348. The van der Waals surface area contributed by atoms with Crippen molar-refractivity contribution < 1.29 is 18.0 Å². The summed E-state index contributed by atoms with van der Waals surface area (Å²) in [5.41, 5.74) is 0.841. The van der Waals surface area contributed by atoms with E-state index in [1.807, 2.05) is 13.8 Å². The minimum atomic E-state index is -3.79. The van der Waals surface area contributed by atoms with E-state index in [2.05, 4.69) is 27.9 Å². The molecule has 35 heavy (non-hydrogen) atoms. The zero-order valence-corrected chi connectivity index (χ0v) is 24.6. The van der Waals surface area contributed by atoms with E-state index in [-0.39, 0.29) is 18.4 Å². The first kappa shape index (κ1) is 29.7. The molecular weight excluding hydrogens is 624 g/mol. The van der Waals surface area contributed by atoms with Gasteiger partial charge in [0.2, 0.25) is 21.8 Å². The number of rotatable bonds is 11. The molecule has 0 aliphatic heterocycles. The molecule has 0 saturated carbocycles. The summed E-state index contributed by atoms with van der Waals surface area (Å²) in [6.45, 7) is 5.66. The second kappa shape index (κ2) is 13.1. The molecule has 2 amide bonds. The monoisotopic (exact) mass is 653 g/mol. The molecule has 192 valence electrons. The van der Waals surface area contributed by atoms with E-state index < -0.39 is 28.5 Å². The smallest absolute Gasteiger partial charge is 0.244 e. The maximum Gasteiger partial charge on any atom is 0.244 e. The molecule has 0 aliphatic rings. The Bertz CT molecular complexity index is 1120. The highest BCUT2D eigenvalue weighted by atomic mass is 127. The minimum Gasteiger partial charge on any atom is -0.354 e. The summed E-state index contributed by atoms with van der Waals surface area (Å²) in [5.74, 6) is -0.644. The number of benzene rings is 2. The summed E-state index contributed by atoms with van der Waals surface area (Å²) in [6, 6.07) is 10.9. The Hall–Kier alpha value is -1.56. The molecule has 1 N–H and O–H groups in total. The summed E-state index contributed by atoms with van der Waals surface area (Å²) in [5, 5.41) is 3.58. The van der Waals surface area contributed by atoms with E-state index in [0.717, 1.165) is 14.1 Å². The van der Waals surface area contributed by atoms with Gasteiger partial charge in [0, 0.05) is 32.3 Å². The van der Waals surface area contributed by atoms with Crippen LogP contribution in [0.5, 0.6) is 0 Å². The van der Waals surface area contributed by atoms with Gasteiger partial charge in [-0.3, -0.25) is 13.9 Å². The van der Waals surface area contributed by atoms with Crippen molar-refractivity contribution in [2.75, 3.05) is 23.7 Å². The van der Waals surface area contributed by atoms with Crippen LogP contribution < -0.4 is 9.62 Å². The highest BCUT2D eigenvalue weighted by Gasteiger charge is 2.32. The fourth-order valence-electron chi connectivity index (χ4n) is 3.42. The summed E-state index contributed by atoms with van der Waals surface area (Å²) < 4.78 is 27.2. The Morgan fingerprint density at radius 3 is 2.11 bits per heavy atom. The fourth-order valence-corrected chi connectivity index (χ4v) is 5.14. The Morgan fingerprint density at radius 1 is 1.06 bits per heavy atom. The molecule has 7 nitrogen and oxygen atoms in total. The van der Waals surface area contributed by atoms with Gasteiger partial charge >= 0.3 is 0 Å². The molecule has 1 unspecified atom stereocenters. The lowest BCUT2D eigenvalue weighted by Crippen LogP contribution is -2.52. The Balaban J connectivity index is 2.47. The lowest BCUT2D eigenvalue weighted by molar-refractivity contribution is -0.140. The highest BCUT2D eigenvalue weighted by molar-refractivity contribution is 14.1. The third kappa shape index (κ3) is 8.51. The molecule has 0 spiro atoms. The van der Waals surface area contributed by atoms with E-state index in [0.29, 0.717) is 34.3 Å². The zero-order valence-electron chi connectivity index (χ0n) is 20.1. The number of halogens is 3. The predicted octanol–water partition coefficient (Wildman–Crippen LogP) is 4.94. The van der Waals surface area contributed by atoms with Gasteiger partial charge in [0.1, 0.15) is 12.6 Å². The summed E-state index contributed by atoms with van der Waals surface area (Å²) in [7, 11) is -3.79. The molecule has 2 rings (SSSR count). The average molecular weight is 654 g/mol. The van der Waals surface area contributed by atoms with Gasteiger partial charge in [0.25, 0.3) is 0 Å². The van der Waals surface area contributed by atoms with Crippen molar-refractivity contribution in [2.24, 2.45) is 5.92 Å². The molecule has 0 aliphatic carbocycles. The van der Waals surface area contributed by atoms with Crippen molar-refractivity contribution in [1.82, 2.24) is 10.2 Å². The van der Waals surface area contributed by atoms with Crippen LogP contribution in [-0.4, -0.2) is 50.5 Å². The third-order valence-electron chi connectivity index (χ3n) is 5.25. The van der Waals surface area contributed by atoms with E-state index in [9.17, 15) is 18.0 Å². The number of hydrogen-bond acceptors (Lipinski definition) is 4. The van der Waals surface area contributed by atoms with Gasteiger partial charge in [0.15, 0.2) is 0 Å². The SMILES string of the molecule is CCC(C(=O)NCC(C)C)N(Cc1c(Cl)cccc1Cl)C(=O)CN(c1ccc(I)cc1)S(C)(=O)=O. The van der Waals surface area contributed by atoms with E-state index in [4.69, 9.17) is 23.2 Å². The maximum absolute atomic E-state index is 13.7. The lowest BCUT2D eigenvalue weighted by Gasteiger charge is -2.33. The van der Waals surface area contributed by atoms with Crippen LogP contribution in [0.1, 0.15) is 32.8 Å². The van der Waals surface area contributed by atoms with Crippen LogP contribution in [0, 0.1) is 9.49 Å². The van der Waals surface area contributed by atoms with Crippen LogP contribution in [-0.2, 0) is 26.2 Å². The number of carbonyl (C=O) groups excluding carboxylic acids is 2. The molecule has 0 saturated heterocycles. The molecule has 11 heteroatoms. The van der Waals surface area contributed by atoms with Crippen molar-refractivity contribution in [1.29, 1.82) is 0 Å². The summed E-state index contributed by atoms with van der Waals surface area (Å²) >= 11 is 14.9. The van der Waals surface area contributed by atoms with Crippen LogP contribution in [0.25, 0.3) is 0 Å². The molecule has 2 aromatic carbocycles. The fraction of sp³-hybridized carbons (Fsp3) is 0.417. The average Bonchev–Trinajstić information content (AvgIpc) is 2.77. The number of nitrogens with one attached hydrogen (secondary N) is 1. The van der Waals surface area contributed by atoms with Crippen LogP contribution in [0.4, 0.5) is 5.69 Å². The van der Waals surface area contributed by atoms with Crippen molar-refractivity contribution >= 4 is 73.3 Å². The second-order valence-corrected chi connectivity index (χ2v) is 12.5. The minimum absolute atomic E-state index is 0.0464. The van der Waals surface area contributed by atoms with Crippen molar-refractivity contribution in [3.05, 3.63) is 61.6 Å². The predicted molar refractivity (Wildman–Crippen MR) is 150 cm³/mol. The second-order valence-electron chi connectivity index (χ2n) is 8.53. The number of amides is 2. The van der Waals surface area contributed by atoms with E-state index in [1.54, 1.807) is 49.4 Å². The maximum atomic E-state index is 13.7. The van der Waals surface area contributed by atoms with Gasteiger partial charge in [-0.2, -0.15) is 0 Å². The molecule has 0 radical (unpaired) electrons. The molecule has 0 fully saturated rings. The van der Waals surface area contributed by atoms with E-state index in [1.165, 1.54) is 4.90 Å². The van der Waals surface area contributed by atoms with Gasteiger partial charge in [0.05, 0.1) is 11.9 Å². The number of sulfonamides is 1. The van der Waals surface area contributed by atoms with Crippen LogP contribution in [0.15, 0.2) is 42.5 Å². The molecule has 0 bridgehead atoms. The van der Waals surface area contributed by atoms with Gasteiger partial charge in [-0.25, -0.2) is 8.42 Å². The number of carbonyl (C=O) groups is 2. The molecule has 2 aromatic rings. The van der Waals surface area contributed by atoms with Crippen LogP contribution >= 0.6 is 45.8 Å². The topological polar surface area (TPSA) is 86.8 Å². The standard InChI is InChI=1S/C24H30Cl2IN3O4S/c1-5-22(24(32)28-13-16(2)3)29(14-19-20(25)7-6-8-21(19)26)23(31)15-30(35(4,33)34)18-11-9-17(27)10-12-18/h6-12,16,22H,5,13-15H2,1-4H3,(H,28,32). The van der Waals surface area contributed by atoms with Gasteiger partial charge < -0.3 is 10.2 Å². The summed E-state index contributed by atoms with van der Waals surface area (Å²) in [6.07, 6.45) is 1.36. The van der Waals surface area contributed by atoms with Crippen LogP contribution in [0.3, 0.4) is 0 Å². The number of hydrogen-bond donors (Lipinski definition) is 1. The van der Waals surface area contributed by atoms with Crippen molar-refractivity contribution in [2.45, 2.75) is 39.8 Å². The van der Waals surface area contributed by atoms with Gasteiger partial charge in [-0.05, 0) is 71.3 Å². The first-order chi connectivity index (χ1) is 16.3. The zero-order chi connectivity index (χ0) is 26.3. The van der Waals surface area contributed by atoms with Crippen LogP contribution in [0.2, 0.25) is 10.0 Å². The molecule has 0 heterocycles. The number of nitrogens with zero attached hydrogens (tertiary/aromatic N) is 2. The molecule has 1 atom stereocenters. The number of anilines is 1. The summed E-state index contributed by atoms with van der Waals surface area (Å²) in [4.78, 5) is 28.1. The van der Waals surface area contributed by atoms with Gasteiger partial charge in [-0.1, -0.05) is 50.0 Å². The highest BCUT2D eigenvalue weighted by Crippen LogP contribution is 2.28. The Kier molecular flexibility index (Phi) is 11.1.